The molecule has 0 bridgehead atoms. The first-order chi connectivity index (χ1) is 15.5. The van der Waals surface area contributed by atoms with E-state index in [9.17, 15) is 27.6 Å². The molecule has 0 radical (unpaired) electrons. The molecule has 1 atom stereocenters. The second-order valence-corrected chi connectivity index (χ2v) is 7.86. The fraction of sp³-hybridized carbons (Fsp3) is 0.200. The summed E-state index contributed by atoms with van der Waals surface area (Å²) in [6, 6.07) is 6.73. The molecule has 1 amide bonds. The van der Waals surface area contributed by atoms with Crippen LogP contribution in [0, 0.1) is 0 Å². The van der Waals surface area contributed by atoms with Crippen molar-refractivity contribution in [2.75, 3.05) is 19.5 Å². The third-order valence-corrected chi connectivity index (χ3v) is 4.99. The number of hydrogen-bond acceptors (Lipinski definition) is 10. The van der Waals surface area contributed by atoms with Gasteiger partial charge in [-0.1, -0.05) is 6.07 Å². The molecule has 0 aromatic heterocycles. The van der Waals surface area contributed by atoms with E-state index in [-0.39, 0.29) is 22.5 Å². The second-order valence-electron chi connectivity index (χ2n) is 6.44. The van der Waals surface area contributed by atoms with Gasteiger partial charge in [-0.2, -0.15) is 18.6 Å². The van der Waals surface area contributed by atoms with Crippen LogP contribution in [0.4, 0.5) is 11.4 Å². The Labute approximate surface area is 188 Å². The van der Waals surface area contributed by atoms with Crippen molar-refractivity contribution in [2.24, 2.45) is 10.2 Å². The number of carbonyl (C=O) groups excluding carboxylic acids is 4. The predicted octanol–water partition coefficient (Wildman–Crippen LogP) is 2.19. The van der Waals surface area contributed by atoms with E-state index in [4.69, 9.17) is 4.55 Å². The van der Waals surface area contributed by atoms with Crippen LogP contribution in [0.3, 0.4) is 0 Å². The molecule has 33 heavy (non-hydrogen) atoms. The summed E-state index contributed by atoms with van der Waals surface area (Å²) < 4.78 is 40.9. The molecule has 12 nitrogen and oxygen atoms in total. The maximum Gasteiger partial charge on any atom is 0.340 e. The summed E-state index contributed by atoms with van der Waals surface area (Å²) in [5.41, 5.74) is -0.237. The zero-order valence-electron chi connectivity index (χ0n) is 17.6. The quantitative estimate of drug-likeness (QED) is 0.249. The van der Waals surface area contributed by atoms with Crippen LogP contribution in [0.25, 0.3) is 0 Å². The number of amides is 1. The Bertz CT molecular complexity index is 1240. The number of nitrogens with zero attached hydrogens (tertiary/aromatic N) is 2. The number of anilines is 1. The molecule has 0 spiro atoms. The fourth-order valence-corrected chi connectivity index (χ4v) is 3.05. The average Bonchev–Trinajstić information content (AvgIpc) is 2.77. The largest absolute Gasteiger partial charge is 0.465 e. The van der Waals surface area contributed by atoms with Crippen LogP contribution in [0.15, 0.2) is 57.6 Å². The van der Waals surface area contributed by atoms with Gasteiger partial charge in [-0.25, -0.2) is 9.59 Å². The Kier molecular flexibility index (Phi) is 8.10. The second kappa shape index (κ2) is 10.6. The van der Waals surface area contributed by atoms with Crippen LogP contribution in [-0.2, 0) is 29.2 Å². The van der Waals surface area contributed by atoms with E-state index >= 15 is 0 Å². The van der Waals surface area contributed by atoms with Gasteiger partial charge in [0.05, 0.1) is 30.2 Å². The zero-order chi connectivity index (χ0) is 24.8. The smallest absolute Gasteiger partial charge is 0.340 e. The Hall–Kier alpha value is -3.97. The molecule has 0 aliphatic rings. The van der Waals surface area contributed by atoms with Crippen LogP contribution in [0.5, 0.6) is 0 Å². The highest BCUT2D eigenvalue weighted by Gasteiger charge is 2.24. The van der Waals surface area contributed by atoms with E-state index in [2.05, 4.69) is 25.0 Å². The van der Waals surface area contributed by atoms with Crippen LogP contribution in [0.2, 0.25) is 0 Å². The number of hydrogen-bond donors (Lipinski definition) is 2. The molecule has 0 aliphatic heterocycles. The summed E-state index contributed by atoms with van der Waals surface area (Å²) in [7, 11) is -2.23. The normalized spacial score (nSPS) is 12.1. The lowest BCUT2D eigenvalue weighted by Crippen LogP contribution is -2.31. The van der Waals surface area contributed by atoms with E-state index in [1.54, 1.807) is 0 Å². The summed E-state index contributed by atoms with van der Waals surface area (Å²) in [5, 5.41) is 9.80. The molecule has 0 fully saturated rings. The van der Waals surface area contributed by atoms with Crippen LogP contribution in [0.1, 0.15) is 27.6 Å². The highest BCUT2D eigenvalue weighted by atomic mass is 32.2. The number of methoxy groups -OCH3 is 2. The fourth-order valence-electron chi connectivity index (χ4n) is 2.52. The molecule has 0 heterocycles. The van der Waals surface area contributed by atoms with E-state index in [0.717, 1.165) is 33.3 Å². The van der Waals surface area contributed by atoms with E-state index < -0.39 is 44.7 Å². The molecular formula is C20H19N3O9S. The van der Waals surface area contributed by atoms with E-state index in [1.165, 1.54) is 30.3 Å². The maximum absolute atomic E-state index is 12.6. The Morgan fingerprint density at radius 2 is 1.67 bits per heavy atom. The first kappa shape index (κ1) is 25.3. The number of azo groups is 1. The van der Waals surface area contributed by atoms with Crippen molar-refractivity contribution in [1.29, 1.82) is 0 Å². The van der Waals surface area contributed by atoms with Crippen molar-refractivity contribution in [2.45, 2.75) is 17.9 Å². The van der Waals surface area contributed by atoms with Crippen LogP contribution in [-0.4, -0.2) is 56.9 Å². The maximum atomic E-state index is 12.6. The standard InChI is InChI=1S/C20H19N3O9S/c1-11(24)17(18(25)21-13-5-4-6-14(10-13)33(28,29)30)23-22-16-9-12(19(26)31-2)7-8-15(16)20(27)32-3/h4-10,17H,1-3H3,(H,21,25)(H,28,29,30). The van der Waals surface area contributed by atoms with Gasteiger partial charge in [0.15, 0.2) is 5.78 Å². The highest BCUT2D eigenvalue weighted by molar-refractivity contribution is 7.85. The minimum absolute atomic E-state index is 0.0282. The summed E-state index contributed by atoms with van der Waals surface area (Å²) in [6.45, 7) is 1.07. The van der Waals surface area contributed by atoms with Gasteiger partial charge in [-0.15, -0.1) is 0 Å². The molecule has 0 saturated heterocycles. The molecule has 0 aliphatic carbocycles. The van der Waals surface area contributed by atoms with Crippen molar-refractivity contribution in [3.05, 3.63) is 53.6 Å². The van der Waals surface area contributed by atoms with Crippen molar-refractivity contribution in [3.63, 3.8) is 0 Å². The first-order valence-electron chi connectivity index (χ1n) is 9.08. The third kappa shape index (κ3) is 6.51. The molecule has 2 aromatic carbocycles. The minimum Gasteiger partial charge on any atom is -0.465 e. The number of rotatable bonds is 8. The van der Waals surface area contributed by atoms with Gasteiger partial charge in [-0.05, 0) is 43.3 Å². The number of benzene rings is 2. The molecule has 0 saturated carbocycles. The van der Waals surface area contributed by atoms with Gasteiger partial charge in [0.2, 0.25) is 6.04 Å². The number of Topliss-reactive ketones (excluding diaryl/α,β-unsaturated/α-hetero) is 1. The number of carbonyl (C=O) groups is 4. The molecule has 13 heteroatoms. The molecule has 174 valence electrons. The lowest BCUT2D eigenvalue weighted by Gasteiger charge is -2.11. The highest BCUT2D eigenvalue weighted by Crippen LogP contribution is 2.24. The molecule has 2 aromatic rings. The van der Waals surface area contributed by atoms with Crippen LogP contribution < -0.4 is 5.32 Å². The van der Waals surface area contributed by atoms with Gasteiger partial charge >= 0.3 is 11.9 Å². The third-order valence-electron chi connectivity index (χ3n) is 4.14. The van der Waals surface area contributed by atoms with Crippen molar-refractivity contribution in [1.82, 2.24) is 0 Å². The van der Waals surface area contributed by atoms with Crippen molar-refractivity contribution in [3.8, 4) is 0 Å². The molecule has 2 N–H and O–H groups in total. The lowest BCUT2D eigenvalue weighted by molar-refractivity contribution is -0.126. The number of nitrogens with one attached hydrogen (secondary N) is 1. The zero-order valence-corrected chi connectivity index (χ0v) is 18.5. The molecular weight excluding hydrogens is 458 g/mol. The minimum atomic E-state index is -4.51. The lowest BCUT2D eigenvalue weighted by atomic mass is 10.1. The first-order valence-corrected chi connectivity index (χ1v) is 10.5. The van der Waals surface area contributed by atoms with Gasteiger partial charge in [0.25, 0.3) is 16.0 Å². The topological polar surface area (TPSA) is 178 Å². The Morgan fingerprint density at radius 3 is 2.24 bits per heavy atom. The number of esters is 2. The van der Waals surface area contributed by atoms with Gasteiger partial charge < -0.3 is 14.8 Å². The molecule has 1 unspecified atom stereocenters. The van der Waals surface area contributed by atoms with Crippen molar-refractivity contribution < 1.29 is 41.6 Å². The summed E-state index contributed by atoms with van der Waals surface area (Å²) in [4.78, 5) is 47.9. The summed E-state index contributed by atoms with van der Waals surface area (Å²) in [6.07, 6.45) is 0. The number of ketones is 1. The molecule has 2 rings (SSSR count). The SMILES string of the molecule is COC(=O)c1ccc(C(=O)OC)c(N=NC(C(C)=O)C(=O)Nc2cccc(S(=O)(=O)O)c2)c1. The summed E-state index contributed by atoms with van der Waals surface area (Å²) in [5.74, 6) is -3.19. The van der Waals surface area contributed by atoms with E-state index in [1.807, 2.05) is 0 Å². The Balaban J connectivity index is 2.38. The Morgan fingerprint density at radius 1 is 1.00 bits per heavy atom. The van der Waals surface area contributed by atoms with E-state index in [0.29, 0.717) is 0 Å². The van der Waals surface area contributed by atoms with Gasteiger partial charge in [0.1, 0.15) is 5.69 Å². The summed E-state index contributed by atoms with van der Waals surface area (Å²) >= 11 is 0. The van der Waals surface area contributed by atoms with Gasteiger partial charge in [-0.3, -0.25) is 14.1 Å². The predicted molar refractivity (Wildman–Crippen MR) is 113 cm³/mol. The van der Waals surface area contributed by atoms with Gasteiger partial charge in [0, 0.05) is 5.69 Å². The number of ether oxygens (including phenoxy) is 2. The monoisotopic (exact) mass is 477 g/mol. The average molecular weight is 477 g/mol. The van der Waals surface area contributed by atoms with Crippen LogP contribution >= 0.6 is 0 Å². The van der Waals surface area contributed by atoms with Crippen molar-refractivity contribution >= 4 is 45.1 Å².